The summed E-state index contributed by atoms with van der Waals surface area (Å²) in [6.45, 7) is 7.33. The van der Waals surface area contributed by atoms with Crippen molar-refractivity contribution in [2.75, 3.05) is 18.5 Å². The molecule has 0 spiro atoms. The summed E-state index contributed by atoms with van der Waals surface area (Å²) in [4.78, 5) is 11.4. The van der Waals surface area contributed by atoms with Crippen LogP contribution < -0.4 is 10.1 Å². The molecule has 2 aromatic rings. The number of nitrogens with zero attached hydrogens (tertiary/aromatic N) is 3. The molecular weight excluding hydrogens is 276 g/mol. The van der Waals surface area contributed by atoms with Crippen LogP contribution in [0.2, 0.25) is 0 Å². The van der Waals surface area contributed by atoms with Crippen LogP contribution in [0.3, 0.4) is 0 Å². The molecule has 0 aliphatic carbocycles. The Labute approximate surface area is 131 Å². The highest BCUT2D eigenvalue weighted by atomic mass is 16.5. The lowest BCUT2D eigenvalue weighted by atomic mass is 10.2. The normalized spacial score (nSPS) is 15.0. The molecule has 0 fully saturated rings. The first-order chi connectivity index (χ1) is 10.7. The lowest BCUT2D eigenvalue weighted by Crippen LogP contribution is -2.25. The van der Waals surface area contributed by atoms with E-state index in [-0.39, 0.29) is 0 Å². The van der Waals surface area contributed by atoms with Crippen molar-refractivity contribution in [1.82, 2.24) is 14.9 Å². The number of benzene rings is 1. The predicted molar refractivity (Wildman–Crippen MR) is 86.8 cm³/mol. The second-order valence-corrected chi connectivity index (χ2v) is 5.85. The second kappa shape index (κ2) is 6.75. The van der Waals surface area contributed by atoms with Crippen molar-refractivity contribution >= 4 is 5.82 Å². The van der Waals surface area contributed by atoms with Gasteiger partial charge in [-0.1, -0.05) is 30.3 Å². The second-order valence-electron chi connectivity index (χ2n) is 5.85. The zero-order valence-corrected chi connectivity index (χ0v) is 13.1. The largest absolute Gasteiger partial charge is 0.475 e. The summed E-state index contributed by atoms with van der Waals surface area (Å²) in [5.74, 6) is 1.42. The summed E-state index contributed by atoms with van der Waals surface area (Å²) in [6, 6.07) is 10.8. The molecule has 1 aromatic carbocycles. The fourth-order valence-corrected chi connectivity index (χ4v) is 2.53. The number of hydrogen-bond donors (Lipinski definition) is 1. The average molecular weight is 298 g/mol. The minimum atomic E-state index is 0.327. The molecule has 0 bridgehead atoms. The van der Waals surface area contributed by atoms with Crippen LogP contribution in [0.15, 0.2) is 36.5 Å². The van der Waals surface area contributed by atoms with E-state index >= 15 is 0 Å². The first-order valence-corrected chi connectivity index (χ1v) is 7.72. The van der Waals surface area contributed by atoms with E-state index in [9.17, 15) is 0 Å². The van der Waals surface area contributed by atoms with Crippen LogP contribution in [0.1, 0.15) is 25.1 Å². The fourth-order valence-electron chi connectivity index (χ4n) is 2.53. The van der Waals surface area contributed by atoms with Crippen LogP contribution >= 0.6 is 0 Å². The van der Waals surface area contributed by atoms with E-state index in [0.29, 0.717) is 18.5 Å². The molecule has 1 aliphatic rings. The van der Waals surface area contributed by atoms with Crippen LogP contribution in [0.5, 0.6) is 5.88 Å². The number of anilines is 1. The van der Waals surface area contributed by atoms with E-state index < -0.39 is 0 Å². The number of rotatable bonds is 4. The van der Waals surface area contributed by atoms with Gasteiger partial charge in [-0.25, -0.2) is 0 Å². The minimum absolute atomic E-state index is 0.327. The standard InChI is InChI=1S/C17H22N4O/c1-13(2)19-16-10-18-15-12-21(8-9-22-17(15)20-16)11-14-6-4-3-5-7-14/h3-7,10,13H,8-9,11-12H2,1-2H3,(H,19,20). The molecule has 22 heavy (non-hydrogen) atoms. The van der Waals surface area contributed by atoms with Gasteiger partial charge in [-0.15, -0.1) is 0 Å². The van der Waals surface area contributed by atoms with Crippen LogP contribution in [0.25, 0.3) is 0 Å². The highest BCUT2D eigenvalue weighted by Crippen LogP contribution is 2.21. The Hall–Kier alpha value is -2.14. The maximum Gasteiger partial charge on any atom is 0.239 e. The molecular formula is C17H22N4O. The van der Waals surface area contributed by atoms with E-state index in [4.69, 9.17) is 4.74 Å². The van der Waals surface area contributed by atoms with Gasteiger partial charge in [0.1, 0.15) is 18.1 Å². The van der Waals surface area contributed by atoms with Gasteiger partial charge in [0.05, 0.1) is 6.20 Å². The van der Waals surface area contributed by atoms with E-state index in [1.165, 1.54) is 5.56 Å². The summed E-state index contributed by atoms with van der Waals surface area (Å²) in [5.41, 5.74) is 2.21. The zero-order valence-electron chi connectivity index (χ0n) is 13.1. The number of nitrogens with one attached hydrogen (secondary N) is 1. The molecule has 1 N–H and O–H groups in total. The Morgan fingerprint density at radius 1 is 1.27 bits per heavy atom. The third kappa shape index (κ3) is 3.74. The highest BCUT2D eigenvalue weighted by molar-refractivity contribution is 5.37. The number of ether oxygens (including phenoxy) is 1. The van der Waals surface area contributed by atoms with Crippen LogP contribution in [0.4, 0.5) is 5.82 Å². The van der Waals surface area contributed by atoms with Crippen LogP contribution in [0, 0.1) is 0 Å². The number of fused-ring (bicyclic) bond motifs is 1. The summed E-state index contributed by atoms with van der Waals surface area (Å²) in [7, 11) is 0. The van der Waals surface area contributed by atoms with Crippen molar-refractivity contribution in [2.24, 2.45) is 0 Å². The SMILES string of the molecule is CC(C)Nc1cnc2c(n1)OCCN(Cc1ccccc1)C2. The Kier molecular flexibility index (Phi) is 4.53. The van der Waals surface area contributed by atoms with Gasteiger partial charge in [0.15, 0.2) is 0 Å². The first-order valence-electron chi connectivity index (χ1n) is 7.72. The predicted octanol–water partition coefficient (Wildman–Crippen LogP) is 2.69. The molecule has 0 saturated heterocycles. The molecule has 1 aliphatic heterocycles. The Bertz CT molecular complexity index is 615. The molecule has 0 saturated carbocycles. The summed E-state index contributed by atoms with van der Waals surface area (Å²) in [6.07, 6.45) is 1.79. The van der Waals surface area contributed by atoms with Crippen molar-refractivity contribution in [2.45, 2.75) is 33.0 Å². The highest BCUT2D eigenvalue weighted by Gasteiger charge is 2.18. The molecule has 0 amide bonds. The van der Waals surface area contributed by atoms with Gasteiger partial charge in [0, 0.05) is 25.7 Å². The maximum atomic E-state index is 5.78. The summed E-state index contributed by atoms with van der Waals surface area (Å²) >= 11 is 0. The summed E-state index contributed by atoms with van der Waals surface area (Å²) in [5, 5.41) is 3.26. The van der Waals surface area contributed by atoms with E-state index in [2.05, 4.69) is 58.3 Å². The van der Waals surface area contributed by atoms with Crippen molar-refractivity contribution in [3.05, 3.63) is 47.8 Å². The minimum Gasteiger partial charge on any atom is -0.475 e. The Morgan fingerprint density at radius 3 is 2.86 bits per heavy atom. The molecule has 2 heterocycles. The molecule has 3 rings (SSSR count). The first kappa shape index (κ1) is 14.8. The maximum absolute atomic E-state index is 5.78. The topological polar surface area (TPSA) is 50.3 Å². The lowest BCUT2D eigenvalue weighted by molar-refractivity contribution is 0.217. The lowest BCUT2D eigenvalue weighted by Gasteiger charge is -2.18. The van der Waals surface area contributed by atoms with Crippen LogP contribution in [-0.2, 0) is 13.1 Å². The quantitative estimate of drug-likeness (QED) is 0.940. The van der Waals surface area contributed by atoms with Gasteiger partial charge < -0.3 is 10.1 Å². The number of aromatic nitrogens is 2. The zero-order chi connectivity index (χ0) is 15.4. The molecule has 5 nitrogen and oxygen atoms in total. The van der Waals surface area contributed by atoms with E-state index in [1.54, 1.807) is 6.20 Å². The van der Waals surface area contributed by atoms with Crippen molar-refractivity contribution in [3.63, 3.8) is 0 Å². The Morgan fingerprint density at radius 2 is 2.09 bits per heavy atom. The average Bonchev–Trinajstić information content (AvgIpc) is 2.69. The smallest absolute Gasteiger partial charge is 0.239 e. The van der Waals surface area contributed by atoms with Gasteiger partial charge in [-0.2, -0.15) is 4.98 Å². The molecule has 0 unspecified atom stereocenters. The third-order valence-corrected chi connectivity index (χ3v) is 3.52. The van der Waals surface area contributed by atoms with Gasteiger partial charge >= 0.3 is 0 Å². The van der Waals surface area contributed by atoms with Gasteiger partial charge in [-0.05, 0) is 19.4 Å². The molecule has 0 atom stereocenters. The van der Waals surface area contributed by atoms with Gasteiger partial charge in [0.25, 0.3) is 0 Å². The van der Waals surface area contributed by atoms with Gasteiger partial charge in [0.2, 0.25) is 5.88 Å². The molecule has 0 radical (unpaired) electrons. The van der Waals surface area contributed by atoms with Crippen molar-refractivity contribution in [1.29, 1.82) is 0 Å². The molecule has 1 aromatic heterocycles. The van der Waals surface area contributed by atoms with E-state index in [1.807, 2.05) is 6.07 Å². The van der Waals surface area contributed by atoms with E-state index in [0.717, 1.165) is 31.1 Å². The molecule has 5 heteroatoms. The summed E-state index contributed by atoms with van der Waals surface area (Å²) < 4.78 is 5.78. The molecule has 116 valence electrons. The Balaban J connectivity index is 1.73. The van der Waals surface area contributed by atoms with Crippen molar-refractivity contribution < 1.29 is 4.74 Å². The number of hydrogen-bond acceptors (Lipinski definition) is 5. The van der Waals surface area contributed by atoms with Gasteiger partial charge in [-0.3, -0.25) is 9.88 Å². The fraction of sp³-hybridized carbons (Fsp3) is 0.412. The van der Waals surface area contributed by atoms with Crippen molar-refractivity contribution in [3.8, 4) is 5.88 Å². The third-order valence-electron chi connectivity index (χ3n) is 3.52. The van der Waals surface area contributed by atoms with Crippen LogP contribution in [-0.4, -0.2) is 34.1 Å². The monoisotopic (exact) mass is 298 g/mol.